The van der Waals surface area contributed by atoms with Crippen molar-refractivity contribution in [2.75, 3.05) is 20.7 Å². The fourth-order valence-corrected chi connectivity index (χ4v) is 2.71. The predicted molar refractivity (Wildman–Crippen MR) is 82.3 cm³/mol. The van der Waals surface area contributed by atoms with Crippen LogP contribution in [0.3, 0.4) is 0 Å². The van der Waals surface area contributed by atoms with Crippen LogP contribution in [0.4, 0.5) is 9.18 Å². The van der Waals surface area contributed by atoms with Gasteiger partial charge >= 0.3 is 12.1 Å². The Labute approximate surface area is 143 Å². The van der Waals surface area contributed by atoms with Gasteiger partial charge in [-0.15, -0.1) is 0 Å². The number of ether oxygens (including phenoxy) is 2. The van der Waals surface area contributed by atoms with Gasteiger partial charge in [-0.25, -0.2) is 17.6 Å². The van der Waals surface area contributed by atoms with E-state index >= 15 is 0 Å². The van der Waals surface area contributed by atoms with Crippen molar-refractivity contribution in [2.45, 2.75) is 17.9 Å². The summed E-state index contributed by atoms with van der Waals surface area (Å²) in [4.78, 5) is 34.0. The van der Waals surface area contributed by atoms with Crippen molar-refractivity contribution in [3.63, 3.8) is 0 Å². The maximum absolute atomic E-state index is 12.9. The second-order valence-corrected chi connectivity index (χ2v) is 6.87. The monoisotopic (exact) mass is 376 g/mol. The summed E-state index contributed by atoms with van der Waals surface area (Å²) in [6.45, 7) is 0.514. The first kappa shape index (κ1) is 20.5. The van der Waals surface area contributed by atoms with Crippen LogP contribution < -0.4 is 5.32 Å². The van der Waals surface area contributed by atoms with E-state index in [1.54, 1.807) is 5.32 Å². The Morgan fingerprint density at radius 3 is 2.32 bits per heavy atom. The first-order valence-corrected chi connectivity index (χ1v) is 8.32. The number of rotatable bonds is 6. The van der Waals surface area contributed by atoms with E-state index in [2.05, 4.69) is 4.74 Å². The third-order valence-corrected chi connectivity index (χ3v) is 4.78. The smallest absolute Gasteiger partial charge is 0.413 e. The van der Waals surface area contributed by atoms with E-state index < -0.39 is 46.5 Å². The van der Waals surface area contributed by atoms with Crippen LogP contribution in [0.25, 0.3) is 0 Å². The maximum atomic E-state index is 12.9. The lowest BCUT2D eigenvalue weighted by Crippen LogP contribution is -2.41. The molecule has 0 unspecified atom stereocenters. The number of benzene rings is 1. The molecule has 0 aliphatic carbocycles. The topological polar surface area (TPSA) is 119 Å². The van der Waals surface area contributed by atoms with Crippen molar-refractivity contribution < 1.29 is 36.7 Å². The lowest BCUT2D eigenvalue weighted by atomic mass is 10.4. The fraction of sp³-hybridized carbons (Fsp3) is 0.357. The summed E-state index contributed by atoms with van der Waals surface area (Å²) in [5.74, 6) is -2.54. The highest BCUT2D eigenvalue weighted by Crippen LogP contribution is 2.14. The summed E-state index contributed by atoms with van der Waals surface area (Å²) >= 11 is 0. The van der Waals surface area contributed by atoms with Crippen LogP contribution in [-0.2, 0) is 29.1 Å². The molecule has 0 radical (unpaired) electrons. The third kappa shape index (κ3) is 5.80. The average molecular weight is 376 g/mol. The molecule has 0 heterocycles. The Morgan fingerprint density at radius 2 is 1.80 bits per heavy atom. The number of nitrogens with one attached hydrogen (secondary N) is 1. The molecule has 0 aliphatic rings. The quantitative estimate of drug-likeness (QED) is 0.707. The van der Waals surface area contributed by atoms with E-state index in [9.17, 15) is 27.2 Å². The molecule has 1 aromatic carbocycles. The van der Waals surface area contributed by atoms with Crippen molar-refractivity contribution in [3.05, 3.63) is 30.1 Å². The van der Waals surface area contributed by atoms with Crippen LogP contribution in [0.15, 0.2) is 29.2 Å². The van der Waals surface area contributed by atoms with E-state index in [-0.39, 0.29) is 4.90 Å². The molecule has 1 aromatic rings. The fourth-order valence-electron chi connectivity index (χ4n) is 1.59. The van der Waals surface area contributed by atoms with Crippen molar-refractivity contribution in [3.8, 4) is 0 Å². The minimum Gasteiger partial charge on any atom is -0.453 e. The Hall–Kier alpha value is -2.53. The molecule has 0 bridgehead atoms. The van der Waals surface area contributed by atoms with Gasteiger partial charge in [-0.3, -0.25) is 14.9 Å². The summed E-state index contributed by atoms with van der Waals surface area (Å²) in [6, 6.07) is 4.05. The van der Waals surface area contributed by atoms with Crippen LogP contribution in [0.2, 0.25) is 0 Å². The molecular weight excluding hydrogens is 359 g/mol. The lowest BCUT2D eigenvalue weighted by Gasteiger charge is -2.18. The number of halogens is 1. The van der Waals surface area contributed by atoms with Gasteiger partial charge in [-0.1, -0.05) is 0 Å². The van der Waals surface area contributed by atoms with Crippen LogP contribution in [0.1, 0.15) is 6.92 Å². The highest BCUT2D eigenvalue weighted by atomic mass is 32.2. The van der Waals surface area contributed by atoms with E-state index in [1.165, 1.54) is 6.92 Å². The number of likely N-dealkylation sites (N-methyl/N-ethyl adjacent to an activating group) is 1. The number of sulfonamides is 1. The molecule has 0 fully saturated rings. The maximum Gasteiger partial charge on any atom is 0.413 e. The van der Waals surface area contributed by atoms with Crippen molar-refractivity contribution in [1.29, 1.82) is 0 Å². The highest BCUT2D eigenvalue weighted by Gasteiger charge is 2.26. The highest BCUT2D eigenvalue weighted by molar-refractivity contribution is 7.89. The number of esters is 1. The molecule has 0 aromatic heterocycles. The SMILES string of the molecule is COC(=O)NC(=O)[C@H](C)OC(=O)CN(C)S(=O)(=O)c1ccc(F)cc1. The molecule has 0 saturated carbocycles. The van der Waals surface area contributed by atoms with Gasteiger partial charge in [0, 0.05) is 7.05 Å². The predicted octanol–water partition coefficient (Wildman–Crippen LogP) is 0.260. The number of hydrogen-bond acceptors (Lipinski definition) is 7. The number of amides is 2. The van der Waals surface area contributed by atoms with Gasteiger partial charge in [-0.05, 0) is 31.2 Å². The Balaban J connectivity index is 2.68. The molecule has 0 saturated heterocycles. The minimum atomic E-state index is -4.04. The lowest BCUT2D eigenvalue weighted by molar-refractivity contribution is -0.154. The summed E-state index contributed by atoms with van der Waals surface area (Å²) in [5.41, 5.74) is 0. The van der Waals surface area contributed by atoms with Crippen LogP contribution in [-0.4, -0.2) is 57.5 Å². The first-order valence-electron chi connectivity index (χ1n) is 6.88. The van der Waals surface area contributed by atoms with Gasteiger partial charge in [0.25, 0.3) is 5.91 Å². The molecule has 0 aliphatic heterocycles. The summed E-state index contributed by atoms with van der Waals surface area (Å²) in [6.07, 6.45) is -2.36. The molecule has 1 N–H and O–H groups in total. The summed E-state index contributed by atoms with van der Waals surface area (Å²) in [7, 11) is -1.86. The van der Waals surface area contributed by atoms with Gasteiger partial charge in [0.15, 0.2) is 6.10 Å². The Morgan fingerprint density at radius 1 is 1.24 bits per heavy atom. The van der Waals surface area contributed by atoms with Crippen LogP contribution >= 0.6 is 0 Å². The summed E-state index contributed by atoms with van der Waals surface area (Å²) < 4.78 is 47.0. The van der Waals surface area contributed by atoms with E-state index in [0.717, 1.165) is 38.4 Å². The molecule has 1 atom stereocenters. The van der Waals surface area contributed by atoms with Crippen molar-refractivity contribution in [1.82, 2.24) is 9.62 Å². The average Bonchev–Trinajstić information content (AvgIpc) is 2.54. The zero-order valence-electron chi connectivity index (χ0n) is 13.7. The number of imide groups is 1. The molecule has 11 heteroatoms. The Bertz CT molecular complexity index is 749. The molecule has 1 rings (SSSR count). The first-order chi connectivity index (χ1) is 11.6. The van der Waals surface area contributed by atoms with E-state index in [1.807, 2.05) is 0 Å². The molecule has 0 spiro atoms. The van der Waals surface area contributed by atoms with Crippen LogP contribution in [0.5, 0.6) is 0 Å². The van der Waals surface area contributed by atoms with Gasteiger partial charge in [0.2, 0.25) is 10.0 Å². The number of hydrogen-bond donors (Lipinski definition) is 1. The normalized spacial score (nSPS) is 12.4. The molecule has 2 amide bonds. The minimum absolute atomic E-state index is 0.208. The number of alkyl carbamates (subject to hydrolysis) is 1. The number of carbonyl (C=O) groups excluding carboxylic acids is 3. The van der Waals surface area contributed by atoms with E-state index in [0.29, 0.717) is 4.31 Å². The largest absolute Gasteiger partial charge is 0.453 e. The summed E-state index contributed by atoms with van der Waals surface area (Å²) in [5, 5.41) is 1.80. The molecular formula is C14H17FN2O7S. The number of nitrogens with zero attached hydrogens (tertiary/aromatic N) is 1. The van der Waals surface area contributed by atoms with Gasteiger partial charge in [0.1, 0.15) is 12.4 Å². The second kappa shape index (κ2) is 8.53. The zero-order chi connectivity index (χ0) is 19.2. The third-order valence-electron chi connectivity index (χ3n) is 2.96. The van der Waals surface area contributed by atoms with Crippen molar-refractivity contribution in [2.24, 2.45) is 0 Å². The number of carbonyl (C=O) groups is 3. The van der Waals surface area contributed by atoms with Gasteiger partial charge in [-0.2, -0.15) is 4.31 Å². The standard InChI is InChI=1S/C14H17FN2O7S/c1-9(13(19)16-14(20)23-3)24-12(18)8-17(2)25(21,22)11-6-4-10(15)5-7-11/h4-7,9H,8H2,1-3H3,(H,16,19,20)/t9-/m0/s1. The van der Waals surface area contributed by atoms with Crippen LogP contribution in [0, 0.1) is 5.82 Å². The Kier molecular flexibility index (Phi) is 7.00. The molecule has 25 heavy (non-hydrogen) atoms. The zero-order valence-corrected chi connectivity index (χ0v) is 14.5. The van der Waals surface area contributed by atoms with Gasteiger partial charge in [0.05, 0.1) is 12.0 Å². The molecule has 9 nitrogen and oxygen atoms in total. The number of methoxy groups -OCH3 is 1. The van der Waals surface area contributed by atoms with E-state index in [4.69, 9.17) is 4.74 Å². The molecule has 138 valence electrons. The van der Waals surface area contributed by atoms with Crippen molar-refractivity contribution >= 4 is 28.0 Å². The second-order valence-electron chi connectivity index (χ2n) is 4.83. The van der Waals surface area contributed by atoms with Gasteiger partial charge < -0.3 is 9.47 Å².